The molecule has 4 nitrogen and oxygen atoms in total. The highest BCUT2D eigenvalue weighted by atomic mass is 19.1. The minimum atomic E-state index is -0.539. The first-order valence-electron chi connectivity index (χ1n) is 7.23. The van der Waals surface area contributed by atoms with E-state index in [-0.39, 0.29) is 17.6 Å². The third-order valence-electron chi connectivity index (χ3n) is 4.42. The highest BCUT2D eigenvalue weighted by Crippen LogP contribution is 2.27. The van der Waals surface area contributed by atoms with Gasteiger partial charge in [0.2, 0.25) is 0 Å². The first-order chi connectivity index (χ1) is 9.63. The fourth-order valence-corrected chi connectivity index (χ4v) is 3.29. The summed E-state index contributed by atoms with van der Waals surface area (Å²) in [7, 11) is 0. The third kappa shape index (κ3) is 2.63. The Bertz CT molecular complexity index is 520. The summed E-state index contributed by atoms with van der Waals surface area (Å²) in [4.78, 5) is 14.6. The molecule has 0 aromatic heterocycles. The van der Waals surface area contributed by atoms with Gasteiger partial charge in [-0.05, 0) is 50.4 Å². The van der Waals surface area contributed by atoms with E-state index in [9.17, 15) is 9.18 Å². The van der Waals surface area contributed by atoms with Crippen LogP contribution in [0.3, 0.4) is 0 Å². The van der Waals surface area contributed by atoms with Crippen LogP contribution in [0.5, 0.6) is 0 Å². The Kier molecular flexibility index (Phi) is 3.61. The summed E-state index contributed by atoms with van der Waals surface area (Å²) in [6, 6.07) is 5.01. The molecule has 0 spiro atoms. The van der Waals surface area contributed by atoms with E-state index in [1.54, 1.807) is 6.07 Å². The van der Waals surface area contributed by atoms with Crippen molar-refractivity contribution in [2.75, 3.05) is 18.8 Å². The highest BCUT2D eigenvalue weighted by Gasteiger charge is 2.32. The van der Waals surface area contributed by atoms with Gasteiger partial charge >= 0.3 is 0 Å². The number of anilines is 1. The van der Waals surface area contributed by atoms with E-state index in [0.29, 0.717) is 11.6 Å². The fourth-order valence-electron chi connectivity index (χ4n) is 3.29. The number of carbonyl (C=O) groups excluding carboxylic acids is 1. The number of piperidine rings is 1. The largest absolute Gasteiger partial charge is 0.396 e. The quantitative estimate of drug-likeness (QED) is 0.810. The number of hydrogen-bond acceptors (Lipinski definition) is 3. The van der Waals surface area contributed by atoms with Crippen LogP contribution >= 0.6 is 0 Å². The summed E-state index contributed by atoms with van der Waals surface area (Å²) in [5, 5.41) is 3.02. The molecule has 3 rings (SSSR count). The van der Waals surface area contributed by atoms with Gasteiger partial charge in [0.05, 0.1) is 5.69 Å². The smallest absolute Gasteiger partial charge is 0.251 e. The molecule has 2 heterocycles. The zero-order chi connectivity index (χ0) is 14.1. The number of benzene rings is 1. The number of amides is 1. The summed E-state index contributed by atoms with van der Waals surface area (Å²) < 4.78 is 13.4. The van der Waals surface area contributed by atoms with Gasteiger partial charge < -0.3 is 16.0 Å². The number of nitrogens with one attached hydrogen (secondary N) is 1. The minimum Gasteiger partial charge on any atom is -0.396 e. The van der Waals surface area contributed by atoms with Crippen LogP contribution in [0.2, 0.25) is 0 Å². The molecule has 1 aromatic carbocycles. The molecule has 0 bridgehead atoms. The Morgan fingerprint density at radius 3 is 3.00 bits per heavy atom. The van der Waals surface area contributed by atoms with Crippen molar-refractivity contribution < 1.29 is 9.18 Å². The zero-order valence-corrected chi connectivity index (χ0v) is 11.4. The van der Waals surface area contributed by atoms with Crippen LogP contribution in [0, 0.1) is 5.82 Å². The molecule has 3 N–H and O–H groups in total. The van der Waals surface area contributed by atoms with Crippen LogP contribution in [0.4, 0.5) is 10.1 Å². The first-order valence-corrected chi connectivity index (χ1v) is 7.23. The number of halogens is 1. The SMILES string of the molecule is Nc1ccc(C(=O)NC2CCN3CCCC3C2)cc1F. The van der Waals surface area contributed by atoms with Crippen molar-refractivity contribution >= 4 is 11.6 Å². The average Bonchev–Trinajstić information content (AvgIpc) is 2.89. The van der Waals surface area contributed by atoms with E-state index in [0.717, 1.165) is 19.4 Å². The molecule has 0 saturated carbocycles. The fraction of sp³-hybridized carbons (Fsp3) is 0.533. The van der Waals surface area contributed by atoms with Gasteiger partial charge in [-0.2, -0.15) is 0 Å². The van der Waals surface area contributed by atoms with Crippen molar-refractivity contribution in [2.24, 2.45) is 0 Å². The number of carbonyl (C=O) groups is 1. The standard InChI is InChI=1S/C15H20FN3O/c16-13-8-10(3-4-14(13)17)15(20)18-11-5-7-19-6-1-2-12(19)9-11/h3-4,8,11-12H,1-2,5-7,9,17H2,(H,18,20). The van der Waals surface area contributed by atoms with Crippen molar-refractivity contribution in [2.45, 2.75) is 37.8 Å². The third-order valence-corrected chi connectivity index (χ3v) is 4.42. The van der Waals surface area contributed by atoms with E-state index in [1.807, 2.05) is 0 Å². The van der Waals surface area contributed by atoms with Crippen LogP contribution in [-0.4, -0.2) is 36.0 Å². The molecule has 2 saturated heterocycles. The molecule has 5 heteroatoms. The predicted molar refractivity (Wildman–Crippen MR) is 75.9 cm³/mol. The van der Waals surface area contributed by atoms with Gasteiger partial charge in [0.25, 0.3) is 5.91 Å². The Labute approximate surface area is 118 Å². The monoisotopic (exact) mass is 277 g/mol. The second-order valence-electron chi connectivity index (χ2n) is 5.76. The van der Waals surface area contributed by atoms with Crippen LogP contribution in [-0.2, 0) is 0 Å². The molecule has 2 atom stereocenters. The molecular formula is C15H20FN3O. The van der Waals surface area contributed by atoms with Crippen molar-refractivity contribution in [3.63, 3.8) is 0 Å². The second-order valence-corrected chi connectivity index (χ2v) is 5.76. The van der Waals surface area contributed by atoms with E-state index in [1.165, 1.54) is 31.5 Å². The lowest BCUT2D eigenvalue weighted by molar-refractivity contribution is 0.0896. The molecule has 1 amide bonds. The second kappa shape index (κ2) is 5.40. The molecule has 2 fully saturated rings. The van der Waals surface area contributed by atoms with Crippen molar-refractivity contribution in [3.05, 3.63) is 29.6 Å². The molecular weight excluding hydrogens is 257 g/mol. The van der Waals surface area contributed by atoms with Crippen molar-refractivity contribution in [3.8, 4) is 0 Å². The minimum absolute atomic E-state index is 0.0702. The number of rotatable bonds is 2. The Hall–Kier alpha value is -1.62. The normalized spacial score (nSPS) is 26.2. The molecule has 0 aliphatic carbocycles. The summed E-state index contributed by atoms with van der Waals surface area (Å²) >= 11 is 0. The molecule has 1 aromatic rings. The first kappa shape index (κ1) is 13.4. The Balaban J connectivity index is 1.62. The van der Waals surface area contributed by atoms with Gasteiger partial charge in [-0.3, -0.25) is 4.79 Å². The number of nitrogen functional groups attached to an aromatic ring is 1. The number of fused-ring (bicyclic) bond motifs is 1. The van der Waals surface area contributed by atoms with Crippen LogP contribution in [0.1, 0.15) is 36.0 Å². The van der Waals surface area contributed by atoms with E-state index >= 15 is 0 Å². The maximum absolute atomic E-state index is 13.4. The zero-order valence-electron chi connectivity index (χ0n) is 11.4. The van der Waals surface area contributed by atoms with Gasteiger partial charge in [-0.25, -0.2) is 4.39 Å². The van der Waals surface area contributed by atoms with E-state index in [2.05, 4.69) is 10.2 Å². The molecule has 0 radical (unpaired) electrons. The summed E-state index contributed by atoms with van der Waals surface area (Å²) in [6.45, 7) is 2.24. The summed E-state index contributed by atoms with van der Waals surface area (Å²) in [5.74, 6) is -0.747. The van der Waals surface area contributed by atoms with E-state index < -0.39 is 5.82 Å². The Morgan fingerprint density at radius 2 is 2.20 bits per heavy atom. The molecule has 2 unspecified atom stereocenters. The molecule has 2 aliphatic rings. The average molecular weight is 277 g/mol. The van der Waals surface area contributed by atoms with E-state index in [4.69, 9.17) is 5.73 Å². The maximum atomic E-state index is 13.4. The highest BCUT2D eigenvalue weighted by molar-refractivity contribution is 5.94. The lowest BCUT2D eigenvalue weighted by Crippen LogP contribution is -2.47. The topological polar surface area (TPSA) is 58.4 Å². The van der Waals surface area contributed by atoms with Gasteiger partial charge in [-0.1, -0.05) is 0 Å². The van der Waals surface area contributed by atoms with Crippen LogP contribution < -0.4 is 11.1 Å². The summed E-state index contributed by atoms with van der Waals surface area (Å²) in [6.07, 6.45) is 4.46. The number of nitrogens with zero attached hydrogens (tertiary/aromatic N) is 1. The van der Waals surface area contributed by atoms with Crippen LogP contribution in [0.25, 0.3) is 0 Å². The molecule has 108 valence electrons. The van der Waals surface area contributed by atoms with Gasteiger partial charge in [0.1, 0.15) is 5.82 Å². The maximum Gasteiger partial charge on any atom is 0.251 e. The van der Waals surface area contributed by atoms with Crippen LogP contribution in [0.15, 0.2) is 18.2 Å². The van der Waals surface area contributed by atoms with Gasteiger partial charge in [0.15, 0.2) is 0 Å². The van der Waals surface area contributed by atoms with Crippen molar-refractivity contribution in [1.29, 1.82) is 0 Å². The molecule has 20 heavy (non-hydrogen) atoms. The number of nitrogens with two attached hydrogens (primary N) is 1. The lowest BCUT2D eigenvalue weighted by Gasteiger charge is -2.35. The lowest BCUT2D eigenvalue weighted by atomic mass is 9.97. The summed E-state index contributed by atoms with van der Waals surface area (Å²) in [5.41, 5.74) is 5.83. The van der Waals surface area contributed by atoms with Crippen molar-refractivity contribution in [1.82, 2.24) is 10.2 Å². The Morgan fingerprint density at radius 1 is 1.35 bits per heavy atom. The number of hydrogen-bond donors (Lipinski definition) is 2. The predicted octanol–water partition coefficient (Wildman–Crippen LogP) is 1.76. The molecule has 2 aliphatic heterocycles. The van der Waals surface area contributed by atoms with Gasteiger partial charge in [0, 0.05) is 24.2 Å². The van der Waals surface area contributed by atoms with Gasteiger partial charge in [-0.15, -0.1) is 0 Å².